The first-order valence-electron chi connectivity index (χ1n) is 6.16. The molecular formula is C13H13ClN6. The summed E-state index contributed by atoms with van der Waals surface area (Å²) in [5, 5.41) is 7.92. The van der Waals surface area contributed by atoms with Gasteiger partial charge in [0.05, 0.1) is 0 Å². The van der Waals surface area contributed by atoms with Gasteiger partial charge < -0.3 is 5.32 Å². The average Bonchev–Trinajstić information content (AvgIpc) is 2.89. The minimum absolute atomic E-state index is 0.427. The van der Waals surface area contributed by atoms with Crippen LogP contribution in [-0.4, -0.2) is 24.6 Å². The minimum Gasteiger partial charge on any atom is -0.365 e. The number of hydrogen-bond donors (Lipinski definition) is 1. The molecule has 3 aromatic rings. The van der Waals surface area contributed by atoms with Crippen molar-refractivity contribution in [3.05, 3.63) is 46.6 Å². The van der Waals surface area contributed by atoms with E-state index in [4.69, 9.17) is 11.6 Å². The molecule has 6 nitrogen and oxygen atoms in total. The highest BCUT2D eigenvalue weighted by molar-refractivity contribution is 6.30. The Labute approximate surface area is 120 Å². The number of rotatable bonds is 3. The molecular weight excluding hydrogens is 276 g/mol. The van der Waals surface area contributed by atoms with Gasteiger partial charge in [-0.25, -0.2) is 0 Å². The summed E-state index contributed by atoms with van der Waals surface area (Å²) in [5.41, 5.74) is 3.14. The zero-order valence-electron chi connectivity index (χ0n) is 11.1. The highest BCUT2D eigenvalue weighted by atomic mass is 35.5. The molecule has 0 radical (unpaired) electrons. The van der Waals surface area contributed by atoms with Gasteiger partial charge in [0.2, 0.25) is 0 Å². The lowest BCUT2D eigenvalue weighted by molar-refractivity contribution is 0.911. The van der Waals surface area contributed by atoms with Gasteiger partial charge in [0.15, 0.2) is 0 Å². The van der Waals surface area contributed by atoms with Crippen LogP contribution in [-0.2, 0) is 6.54 Å². The smallest absolute Gasteiger partial charge is 0.255 e. The summed E-state index contributed by atoms with van der Waals surface area (Å²) >= 11 is 6.12. The number of aromatic nitrogens is 5. The summed E-state index contributed by atoms with van der Waals surface area (Å²) in [5.74, 6) is 1.27. The van der Waals surface area contributed by atoms with E-state index in [-0.39, 0.29) is 0 Å². The zero-order valence-corrected chi connectivity index (χ0v) is 11.9. The Morgan fingerprint density at radius 1 is 1.35 bits per heavy atom. The zero-order chi connectivity index (χ0) is 14.1. The first-order valence-corrected chi connectivity index (χ1v) is 6.54. The van der Waals surface area contributed by atoms with Crippen molar-refractivity contribution in [2.24, 2.45) is 0 Å². The first-order chi connectivity index (χ1) is 9.66. The molecule has 102 valence electrons. The molecule has 3 rings (SSSR count). The SMILES string of the molecule is Cc1ccncc1CNc1c(C)c(Cl)nc2ncnn12. The molecule has 7 heteroatoms. The second-order valence-corrected chi connectivity index (χ2v) is 4.86. The average molecular weight is 289 g/mol. The highest BCUT2D eigenvalue weighted by Crippen LogP contribution is 2.22. The lowest BCUT2D eigenvalue weighted by Crippen LogP contribution is -2.09. The molecule has 0 unspecified atom stereocenters. The molecule has 0 saturated carbocycles. The second kappa shape index (κ2) is 5.05. The number of nitrogens with zero attached hydrogens (tertiary/aromatic N) is 5. The molecule has 0 spiro atoms. The van der Waals surface area contributed by atoms with Crippen LogP contribution in [0.3, 0.4) is 0 Å². The molecule has 3 heterocycles. The maximum Gasteiger partial charge on any atom is 0.255 e. The van der Waals surface area contributed by atoms with Gasteiger partial charge in [0, 0.05) is 24.5 Å². The van der Waals surface area contributed by atoms with Gasteiger partial charge in [-0.2, -0.15) is 19.6 Å². The molecule has 0 atom stereocenters. The summed E-state index contributed by atoms with van der Waals surface area (Å²) in [7, 11) is 0. The van der Waals surface area contributed by atoms with Crippen molar-refractivity contribution < 1.29 is 0 Å². The molecule has 0 aromatic carbocycles. The van der Waals surface area contributed by atoms with Crippen LogP contribution in [0.5, 0.6) is 0 Å². The highest BCUT2D eigenvalue weighted by Gasteiger charge is 2.12. The number of hydrogen-bond acceptors (Lipinski definition) is 5. The fourth-order valence-electron chi connectivity index (χ4n) is 1.97. The summed E-state index contributed by atoms with van der Waals surface area (Å²) in [6.07, 6.45) is 5.08. The monoisotopic (exact) mass is 288 g/mol. The number of pyridine rings is 1. The predicted molar refractivity (Wildman–Crippen MR) is 76.8 cm³/mol. The number of nitrogens with one attached hydrogen (secondary N) is 1. The van der Waals surface area contributed by atoms with Crippen LogP contribution in [0.25, 0.3) is 5.78 Å². The van der Waals surface area contributed by atoms with E-state index in [2.05, 4.69) is 32.3 Å². The van der Waals surface area contributed by atoms with Crippen molar-refractivity contribution in [3.8, 4) is 0 Å². The topological polar surface area (TPSA) is 68.0 Å². The van der Waals surface area contributed by atoms with Crippen LogP contribution in [0.1, 0.15) is 16.7 Å². The summed E-state index contributed by atoms with van der Waals surface area (Å²) in [4.78, 5) is 12.4. The fourth-order valence-corrected chi connectivity index (χ4v) is 2.13. The Kier molecular flexibility index (Phi) is 3.23. The number of halogens is 1. The van der Waals surface area contributed by atoms with E-state index in [1.165, 1.54) is 11.9 Å². The first kappa shape index (κ1) is 12.8. The van der Waals surface area contributed by atoms with E-state index in [1.54, 1.807) is 10.7 Å². The van der Waals surface area contributed by atoms with Crippen molar-refractivity contribution >= 4 is 23.2 Å². The van der Waals surface area contributed by atoms with Crippen LogP contribution in [0.2, 0.25) is 5.15 Å². The van der Waals surface area contributed by atoms with Gasteiger partial charge in [-0.1, -0.05) is 11.6 Å². The maximum absolute atomic E-state index is 6.12. The Hall–Kier alpha value is -2.21. The van der Waals surface area contributed by atoms with Crippen LogP contribution in [0.4, 0.5) is 5.82 Å². The lowest BCUT2D eigenvalue weighted by Gasteiger charge is -2.12. The molecule has 0 aliphatic heterocycles. The molecule has 0 fully saturated rings. The summed E-state index contributed by atoms with van der Waals surface area (Å²) < 4.78 is 1.65. The Morgan fingerprint density at radius 2 is 2.20 bits per heavy atom. The van der Waals surface area contributed by atoms with Crippen molar-refractivity contribution in [2.75, 3.05) is 5.32 Å². The van der Waals surface area contributed by atoms with Crippen molar-refractivity contribution in [2.45, 2.75) is 20.4 Å². The largest absolute Gasteiger partial charge is 0.365 e. The Morgan fingerprint density at radius 3 is 3.00 bits per heavy atom. The van der Waals surface area contributed by atoms with Crippen molar-refractivity contribution in [1.29, 1.82) is 0 Å². The molecule has 3 aromatic heterocycles. The van der Waals surface area contributed by atoms with Crippen molar-refractivity contribution in [3.63, 3.8) is 0 Å². The molecule has 20 heavy (non-hydrogen) atoms. The van der Waals surface area contributed by atoms with Gasteiger partial charge in [0.25, 0.3) is 5.78 Å². The summed E-state index contributed by atoms with van der Waals surface area (Å²) in [6.45, 7) is 4.58. The molecule has 0 aliphatic rings. The molecule has 0 aliphatic carbocycles. The van der Waals surface area contributed by atoms with E-state index in [0.29, 0.717) is 17.5 Å². The summed E-state index contributed by atoms with van der Waals surface area (Å²) in [6, 6.07) is 1.98. The lowest BCUT2D eigenvalue weighted by atomic mass is 10.1. The normalized spacial score (nSPS) is 10.9. The van der Waals surface area contributed by atoms with Crippen LogP contribution >= 0.6 is 11.6 Å². The standard InChI is InChI=1S/C13H13ClN6/c1-8-3-4-15-5-10(8)6-16-12-9(2)11(14)19-13-17-7-18-20(12)13/h3-5,7,16H,6H2,1-2H3. The number of anilines is 1. The van der Waals surface area contributed by atoms with Crippen LogP contribution in [0, 0.1) is 13.8 Å². The van der Waals surface area contributed by atoms with Gasteiger partial charge >= 0.3 is 0 Å². The van der Waals surface area contributed by atoms with E-state index in [1.807, 2.05) is 19.2 Å². The third-order valence-electron chi connectivity index (χ3n) is 3.20. The van der Waals surface area contributed by atoms with Gasteiger partial charge in [-0.15, -0.1) is 0 Å². The van der Waals surface area contributed by atoms with Crippen LogP contribution in [0.15, 0.2) is 24.8 Å². The van der Waals surface area contributed by atoms with E-state index < -0.39 is 0 Å². The van der Waals surface area contributed by atoms with E-state index in [0.717, 1.165) is 16.9 Å². The van der Waals surface area contributed by atoms with Gasteiger partial charge in [-0.3, -0.25) is 4.98 Å². The predicted octanol–water partition coefficient (Wildman–Crippen LogP) is 2.40. The molecule has 0 saturated heterocycles. The molecule has 0 bridgehead atoms. The fraction of sp³-hybridized carbons (Fsp3) is 0.231. The Balaban J connectivity index is 1.97. The third-order valence-corrected chi connectivity index (χ3v) is 3.57. The van der Waals surface area contributed by atoms with Crippen LogP contribution < -0.4 is 5.32 Å². The van der Waals surface area contributed by atoms with E-state index in [9.17, 15) is 0 Å². The quantitative estimate of drug-likeness (QED) is 0.750. The Bertz CT molecular complexity index is 767. The molecule has 0 amide bonds. The number of fused-ring (bicyclic) bond motifs is 1. The van der Waals surface area contributed by atoms with Crippen molar-refractivity contribution in [1.82, 2.24) is 24.6 Å². The molecule has 1 N–H and O–H groups in total. The van der Waals surface area contributed by atoms with Gasteiger partial charge in [0.1, 0.15) is 17.3 Å². The second-order valence-electron chi connectivity index (χ2n) is 4.50. The third kappa shape index (κ3) is 2.18. The number of aryl methyl sites for hydroxylation is 1. The maximum atomic E-state index is 6.12. The van der Waals surface area contributed by atoms with Gasteiger partial charge in [-0.05, 0) is 31.0 Å². The van der Waals surface area contributed by atoms with E-state index >= 15 is 0 Å². The minimum atomic E-state index is 0.427.